The number of amides is 1. The molecule has 0 saturated carbocycles. The Morgan fingerprint density at radius 2 is 1.79 bits per heavy atom. The molecule has 24 heavy (non-hydrogen) atoms. The molecule has 4 heteroatoms. The number of benzene rings is 1. The molecule has 0 unspecified atom stereocenters. The number of nitrogens with zero attached hydrogens (tertiary/aromatic N) is 1. The number of hydrogen-bond donors (Lipinski definition) is 2. The molecular weight excluding hydrogens is 298 g/mol. The molecule has 1 aliphatic rings. The van der Waals surface area contributed by atoms with Crippen LogP contribution < -0.4 is 11.1 Å². The molecule has 4 nitrogen and oxygen atoms in total. The van der Waals surface area contributed by atoms with Gasteiger partial charge in [-0.1, -0.05) is 32.9 Å². The van der Waals surface area contributed by atoms with Gasteiger partial charge in [-0.15, -0.1) is 0 Å². The maximum atomic E-state index is 12.6. The number of piperidine rings is 1. The molecule has 134 valence electrons. The van der Waals surface area contributed by atoms with E-state index in [1.165, 1.54) is 31.5 Å². The van der Waals surface area contributed by atoms with E-state index >= 15 is 0 Å². The van der Waals surface area contributed by atoms with Crippen LogP contribution in [-0.2, 0) is 11.3 Å². The molecule has 0 spiro atoms. The Balaban J connectivity index is 1.93. The largest absolute Gasteiger partial charge is 0.329 e. The fraction of sp³-hybridized carbons (Fsp3) is 0.650. The highest BCUT2D eigenvalue weighted by molar-refractivity contribution is 5.95. The molecule has 1 aliphatic heterocycles. The van der Waals surface area contributed by atoms with Gasteiger partial charge in [-0.25, -0.2) is 0 Å². The fourth-order valence-corrected chi connectivity index (χ4v) is 3.39. The number of rotatable bonds is 7. The molecule has 1 aromatic carbocycles. The van der Waals surface area contributed by atoms with Gasteiger partial charge in [0.15, 0.2) is 0 Å². The molecule has 3 N–H and O–H groups in total. The number of nitrogens with one attached hydrogen (secondary N) is 1. The van der Waals surface area contributed by atoms with Crippen LogP contribution in [0.3, 0.4) is 0 Å². The third-order valence-electron chi connectivity index (χ3n) is 5.72. The topological polar surface area (TPSA) is 58.4 Å². The number of likely N-dealkylation sites (tertiary alicyclic amines) is 1. The first kappa shape index (κ1) is 18.9. The number of hydrogen-bond acceptors (Lipinski definition) is 3. The van der Waals surface area contributed by atoms with Gasteiger partial charge in [0, 0.05) is 18.8 Å². The van der Waals surface area contributed by atoms with E-state index in [9.17, 15) is 4.79 Å². The summed E-state index contributed by atoms with van der Waals surface area (Å²) in [6, 6.07) is 8.25. The summed E-state index contributed by atoms with van der Waals surface area (Å²) < 4.78 is 0. The number of anilines is 1. The lowest BCUT2D eigenvalue weighted by Gasteiger charge is -2.30. The van der Waals surface area contributed by atoms with Crippen molar-refractivity contribution in [1.82, 2.24) is 4.90 Å². The smallest absolute Gasteiger partial charge is 0.231 e. The third-order valence-corrected chi connectivity index (χ3v) is 5.72. The Morgan fingerprint density at radius 1 is 1.21 bits per heavy atom. The number of nitrogens with two attached hydrogens (primary N) is 1. The zero-order valence-electron chi connectivity index (χ0n) is 15.5. The van der Waals surface area contributed by atoms with E-state index in [1.807, 2.05) is 26.0 Å². The van der Waals surface area contributed by atoms with Crippen molar-refractivity contribution in [2.75, 3.05) is 25.0 Å². The second-order valence-corrected chi connectivity index (χ2v) is 7.30. The summed E-state index contributed by atoms with van der Waals surface area (Å²) in [7, 11) is 0. The van der Waals surface area contributed by atoms with Gasteiger partial charge >= 0.3 is 0 Å². The van der Waals surface area contributed by atoms with Gasteiger partial charge in [0.2, 0.25) is 5.91 Å². The van der Waals surface area contributed by atoms with Crippen LogP contribution in [0.1, 0.15) is 52.0 Å². The Hall–Kier alpha value is -1.39. The lowest BCUT2D eigenvalue weighted by molar-refractivity contribution is -0.125. The van der Waals surface area contributed by atoms with Gasteiger partial charge in [-0.05, 0) is 62.4 Å². The standard InChI is InChI=1S/C20H33N3O/c1-4-20(5-2,15-21)19(24)22-18-8-6-17(7-9-18)14-23-12-10-16(3)11-13-23/h6-9,16H,4-5,10-15,21H2,1-3H3,(H,22,24). The van der Waals surface area contributed by atoms with Crippen LogP contribution in [0.4, 0.5) is 5.69 Å². The first-order valence-electron chi connectivity index (χ1n) is 9.35. The monoisotopic (exact) mass is 331 g/mol. The first-order chi connectivity index (χ1) is 11.5. The summed E-state index contributed by atoms with van der Waals surface area (Å²) >= 11 is 0. The summed E-state index contributed by atoms with van der Waals surface area (Å²) in [6.45, 7) is 10.1. The highest BCUT2D eigenvalue weighted by Crippen LogP contribution is 2.27. The van der Waals surface area contributed by atoms with Crippen LogP contribution in [0.15, 0.2) is 24.3 Å². The maximum Gasteiger partial charge on any atom is 0.231 e. The van der Waals surface area contributed by atoms with E-state index in [1.54, 1.807) is 0 Å². The molecule has 0 aromatic heterocycles. The van der Waals surface area contributed by atoms with Gasteiger partial charge < -0.3 is 11.1 Å². The summed E-state index contributed by atoms with van der Waals surface area (Å²) in [6.07, 6.45) is 4.11. The van der Waals surface area contributed by atoms with Crippen molar-refractivity contribution >= 4 is 11.6 Å². The zero-order chi connectivity index (χ0) is 17.6. The summed E-state index contributed by atoms with van der Waals surface area (Å²) in [5.74, 6) is 0.895. The van der Waals surface area contributed by atoms with Crippen molar-refractivity contribution < 1.29 is 4.79 Å². The van der Waals surface area contributed by atoms with E-state index in [-0.39, 0.29) is 5.91 Å². The van der Waals surface area contributed by atoms with Gasteiger partial charge in [-0.3, -0.25) is 9.69 Å². The SMILES string of the molecule is CCC(CC)(CN)C(=O)Nc1ccc(CN2CCC(C)CC2)cc1. The summed E-state index contributed by atoms with van der Waals surface area (Å²) in [5.41, 5.74) is 7.56. The van der Waals surface area contributed by atoms with E-state index in [2.05, 4.69) is 29.3 Å². The third kappa shape index (κ3) is 4.58. The Kier molecular flexibility index (Phi) is 6.81. The molecule has 0 bridgehead atoms. The number of carbonyl (C=O) groups excluding carboxylic acids is 1. The highest BCUT2D eigenvalue weighted by atomic mass is 16.2. The molecule has 1 heterocycles. The van der Waals surface area contributed by atoms with Crippen LogP contribution in [0, 0.1) is 11.3 Å². The lowest BCUT2D eigenvalue weighted by atomic mass is 9.81. The molecular formula is C20H33N3O. The average molecular weight is 332 g/mol. The molecule has 0 aliphatic carbocycles. The van der Waals surface area contributed by atoms with Crippen LogP contribution in [-0.4, -0.2) is 30.4 Å². The average Bonchev–Trinajstić information content (AvgIpc) is 2.61. The lowest BCUT2D eigenvalue weighted by Crippen LogP contribution is -2.41. The van der Waals surface area contributed by atoms with Crippen LogP contribution >= 0.6 is 0 Å². The molecule has 1 saturated heterocycles. The fourth-order valence-electron chi connectivity index (χ4n) is 3.39. The van der Waals surface area contributed by atoms with Gasteiger partial charge in [-0.2, -0.15) is 0 Å². The Labute approximate surface area is 146 Å². The number of carbonyl (C=O) groups is 1. The van der Waals surface area contributed by atoms with E-state index in [0.717, 1.165) is 31.0 Å². The van der Waals surface area contributed by atoms with Crippen molar-refractivity contribution in [3.8, 4) is 0 Å². The minimum absolute atomic E-state index is 0.0350. The maximum absolute atomic E-state index is 12.6. The van der Waals surface area contributed by atoms with Crippen LogP contribution in [0.5, 0.6) is 0 Å². The van der Waals surface area contributed by atoms with E-state index in [0.29, 0.717) is 6.54 Å². The van der Waals surface area contributed by atoms with Crippen molar-refractivity contribution in [2.45, 2.75) is 53.0 Å². The highest BCUT2D eigenvalue weighted by Gasteiger charge is 2.33. The van der Waals surface area contributed by atoms with Crippen LogP contribution in [0.2, 0.25) is 0 Å². The summed E-state index contributed by atoms with van der Waals surface area (Å²) in [5, 5.41) is 3.04. The van der Waals surface area contributed by atoms with Crippen molar-refractivity contribution in [3.05, 3.63) is 29.8 Å². The van der Waals surface area contributed by atoms with Crippen molar-refractivity contribution in [2.24, 2.45) is 17.1 Å². The van der Waals surface area contributed by atoms with Crippen LogP contribution in [0.25, 0.3) is 0 Å². The molecule has 0 radical (unpaired) electrons. The Bertz CT molecular complexity index is 506. The normalized spacial score (nSPS) is 17.0. The van der Waals surface area contributed by atoms with E-state index < -0.39 is 5.41 Å². The molecule has 2 rings (SSSR count). The molecule has 1 amide bonds. The van der Waals surface area contributed by atoms with Gasteiger partial charge in [0.25, 0.3) is 0 Å². The van der Waals surface area contributed by atoms with Crippen molar-refractivity contribution in [3.63, 3.8) is 0 Å². The molecule has 1 aromatic rings. The quantitative estimate of drug-likeness (QED) is 0.802. The second-order valence-electron chi connectivity index (χ2n) is 7.30. The second kappa shape index (κ2) is 8.63. The molecule has 0 atom stereocenters. The zero-order valence-corrected chi connectivity index (χ0v) is 15.5. The van der Waals surface area contributed by atoms with Crippen molar-refractivity contribution in [1.29, 1.82) is 0 Å². The Morgan fingerprint density at radius 3 is 2.29 bits per heavy atom. The predicted molar refractivity (Wildman–Crippen MR) is 101 cm³/mol. The molecule has 1 fully saturated rings. The summed E-state index contributed by atoms with van der Waals surface area (Å²) in [4.78, 5) is 15.1. The minimum Gasteiger partial charge on any atom is -0.329 e. The first-order valence-corrected chi connectivity index (χ1v) is 9.35. The van der Waals surface area contributed by atoms with Gasteiger partial charge in [0.05, 0.1) is 5.41 Å². The predicted octanol–water partition coefficient (Wildman–Crippen LogP) is 3.62. The van der Waals surface area contributed by atoms with E-state index in [4.69, 9.17) is 5.73 Å². The minimum atomic E-state index is -0.455. The van der Waals surface area contributed by atoms with Gasteiger partial charge in [0.1, 0.15) is 0 Å².